The van der Waals surface area contributed by atoms with Gasteiger partial charge in [-0.1, -0.05) is 0 Å². The number of likely N-dealkylation sites (N-methyl/N-ethyl adjacent to an activating group) is 1. The van der Waals surface area contributed by atoms with E-state index in [0.29, 0.717) is 42.4 Å². The van der Waals surface area contributed by atoms with Crippen LogP contribution >= 0.6 is 0 Å². The minimum absolute atomic E-state index is 0.0602. The lowest BCUT2D eigenvalue weighted by Gasteiger charge is -2.22. The third kappa shape index (κ3) is 3.79. The molecule has 1 fully saturated rings. The van der Waals surface area contributed by atoms with Gasteiger partial charge in [0.1, 0.15) is 13.2 Å². The van der Waals surface area contributed by atoms with Crippen molar-refractivity contribution in [3.63, 3.8) is 0 Å². The molecule has 8 heteroatoms. The Bertz CT molecular complexity index is 1150. The highest BCUT2D eigenvalue weighted by Crippen LogP contribution is 2.35. The molecule has 2 aliphatic heterocycles. The van der Waals surface area contributed by atoms with E-state index in [1.807, 2.05) is 36.0 Å². The van der Waals surface area contributed by atoms with Crippen LogP contribution in [0.15, 0.2) is 30.5 Å². The summed E-state index contributed by atoms with van der Waals surface area (Å²) < 4.78 is 19.0. The number of benzene rings is 1. The van der Waals surface area contributed by atoms with Crippen molar-refractivity contribution in [1.82, 2.24) is 19.7 Å². The molecule has 8 nitrogen and oxygen atoms in total. The third-order valence-corrected chi connectivity index (χ3v) is 5.97. The summed E-state index contributed by atoms with van der Waals surface area (Å²) in [4.78, 5) is 20.1. The van der Waals surface area contributed by atoms with E-state index in [9.17, 15) is 4.79 Å². The summed E-state index contributed by atoms with van der Waals surface area (Å²) in [6.45, 7) is 6.49. The van der Waals surface area contributed by atoms with Gasteiger partial charge in [-0.25, -0.2) is 9.67 Å². The van der Waals surface area contributed by atoms with Gasteiger partial charge < -0.3 is 19.1 Å². The fourth-order valence-corrected chi connectivity index (χ4v) is 4.31. The lowest BCUT2D eigenvalue weighted by atomic mass is 10.0. The van der Waals surface area contributed by atoms with E-state index in [2.05, 4.69) is 18.9 Å². The molecule has 1 saturated heterocycles. The number of fused-ring (bicyclic) bond motifs is 2. The number of amides is 1. The molecule has 2 aliphatic rings. The summed E-state index contributed by atoms with van der Waals surface area (Å²) in [5, 5.41) is 5.27. The lowest BCUT2D eigenvalue weighted by molar-refractivity contribution is 0.0588. The minimum Gasteiger partial charge on any atom is -0.486 e. The molecule has 0 radical (unpaired) electrons. The maximum Gasteiger partial charge on any atom is 0.254 e. The zero-order valence-electron chi connectivity index (χ0n) is 18.7. The summed E-state index contributed by atoms with van der Waals surface area (Å²) in [7, 11) is 1.83. The molecule has 0 aliphatic carbocycles. The van der Waals surface area contributed by atoms with Crippen molar-refractivity contribution in [3.8, 4) is 22.8 Å². The largest absolute Gasteiger partial charge is 0.486 e. The molecule has 1 aromatic carbocycles. The molecule has 32 heavy (non-hydrogen) atoms. The van der Waals surface area contributed by atoms with Crippen LogP contribution < -0.4 is 9.47 Å². The second kappa shape index (κ2) is 8.43. The van der Waals surface area contributed by atoms with E-state index >= 15 is 0 Å². The molecular weight excluding hydrogens is 408 g/mol. The van der Waals surface area contributed by atoms with E-state index < -0.39 is 0 Å². The van der Waals surface area contributed by atoms with Gasteiger partial charge in [-0.15, -0.1) is 0 Å². The first-order valence-electron chi connectivity index (χ1n) is 11.2. The van der Waals surface area contributed by atoms with E-state index in [4.69, 9.17) is 19.2 Å². The molecule has 1 atom stereocenters. The molecule has 1 unspecified atom stereocenters. The first-order chi connectivity index (χ1) is 15.5. The molecule has 1 amide bonds. The van der Waals surface area contributed by atoms with Gasteiger partial charge in [-0.05, 0) is 51.0 Å². The third-order valence-electron chi connectivity index (χ3n) is 5.97. The Kier molecular flexibility index (Phi) is 5.46. The Morgan fingerprint density at radius 3 is 2.75 bits per heavy atom. The maximum absolute atomic E-state index is 13.5. The smallest absolute Gasteiger partial charge is 0.254 e. The molecule has 2 aromatic heterocycles. The maximum atomic E-state index is 13.5. The number of ether oxygens (including phenoxy) is 3. The number of carbonyl (C=O) groups excluding carboxylic acids is 1. The van der Waals surface area contributed by atoms with Gasteiger partial charge in [0.05, 0.1) is 28.9 Å². The van der Waals surface area contributed by atoms with Crippen LogP contribution in [0.4, 0.5) is 0 Å². The average molecular weight is 437 g/mol. The van der Waals surface area contributed by atoms with E-state index in [-0.39, 0.29) is 18.1 Å². The van der Waals surface area contributed by atoms with Gasteiger partial charge in [-0.2, -0.15) is 5.10 Å². The van der Waals surface area contributed by atoms with Gasteiger partial charge >= 0.3 is 0 Å². The number of hydrogen-bond donors (Lipinski definition) is 0. The van der Waals surface area contributed by atoms with Crippen LogP contribution in [0.1, 0.15) is 43.1 Å². The van der Waals surface area contributed by atoms with E-state index in [1.165, 1.54) is 0 Å². The fourth-order valence-electron chi connectivity index (χ4n) is 4.31. The molecule has 3 aromatic rings. The topological polar surface area (TPSA) is 78.7 Å². The van der Waals surface area contributed by atoms with Gasteiger partial charge in [0, 0.05) is 31.8 Å². The van der Waals surface area contributed by atoms with Crippen molar-refractivity contribution in [2.45, 2.75) is 38.8 Å². The van der Waals surface area contributed by atoms with Crippen LogP contribution in [0.5, 0.6) is 11.5 Å². The van der Waals surface area contributed by atoms with Crippen LogP contribution in [-0.4, -0.2) is 65.1 Å². The average Bonchev–Trinajstić information content (AvgIpc) is 3.47. The van der Waals surface area contributed by atoms with Crippen LogP contribution in [0, 0.1) is 0 Å². The predicted molar refractivity (Wildman–Crippen MR) is 120 cm³/mol. The highest BCUT2D eigenvalue weighted by Gasteiger charge is 2.25. The second-order valence-electron chi connectivity index (χ2n) is 8.65. The minimum atomic E-state index is -0.0602. The Balaban J connectivity index is 1.58. The summed E-state index contributed by atoms with van der Waals surface area (Å²) in [6, 6.07) is 7.73. The first-order valence-corrected chi connectivity index (χ1v) is 11.2. The molecule has 0 spiro atoms. The monoisotopic (exact) mass is 436 g/mol. The number of carbonyl (C=O) groups is 1. The zero-order chi connectivity index (χ0) is 22.2. The van der Waals surface area contributed by atoms with Crippen LogP contribution in [0.2, 0.25) is 0 Å². The number of nitrogens with zero attached hydrogens (tertiary/aromatic N) is 4. The quantitative estimate of drug-likeness (QED) is 0.607. The van der Waals surface area contributed by atoms with Gasteiger partial charge in [-0.3, -0.25) is 4.79 Å². The molecule has 4 heterocycles. The molecule has 0 bridgehead atoms. The van der Waals surface area contributed by atoms with Crippen molar-refractivity contribution in [2.24, 2.45) is 0 Å². The van der Waals surface area contributed by atoms with Crippen molar-refractivity contribution in [1.29, 1.82) is 0 Å². The highest BCUT2D eigenvalue weighted by molar-refractivity contribution is 6.06. The SMILES string of the molecule is CC(C)n1ncc2c(C(=O)N(C)CC3CCCO3)cc(-c3ccc4c(c3)OCCO4)nc21. The van der Waals surface area contributed by atoms with Crippen molar-refractivity contribution >= 4 is 16.9 Å². The summed E-state index contributed by atoms with van der Waals surface area (Å²) >= 11 is 0. The van der Waals surface area contributed by atoms with Crippen molar-refractivity contribution in [3.05, 3.63) is 36.0 Å². The van der Waals surface area contributed by atoms with Crippen molar-refractivity contribution in [2.75, 3.05) is 33.4 Å². The van der Waals surface area contributed by atoms with Gasteiger partial charge in [0.15, 0.2) is 17.1 Å². The van der Waals surface area contributed by atoms with E-state index in [1.54, 1.807) is 11.1 Å². The Hall–Kier alpha value is -3.13. The fraction of sp³-hybridized carbons (Fsp3) is 0.458. The second-order valence-corrected chi connectivity index (χ2v) is 8.65. The number of aromatic nitrogens is 3. The molecule has 0 saturated carbocycles. The molecular formula is C24H28N4O4. The Morgan fingerprint density at radius 1 is 1.19 bits per heavy atom. The van der Waals surface area contributed by atoms with Gasteiger partial charge in [0.2, 0.25) is 0 Å². The standard InChI is InChI=1S/C24H28N4O4/c1-15(2)28-23-19(13-25-28)18(24(29)27(3)14-17-5-4-8-30-17)12-20(26-23)16-6-7-21-22(11-16)32-10-9-31-21/h6-7,11-13,15,17H,4-5,8-10,14H2,1-3H3. The number of rotatable bonds is 5. The molecule has 0 N–H and O–H groups in total. The summed E-state index contributed by atoms with van der Waals surface area (Å²) in [6.07, 6.45) is 3.86. The van der Waals surface area contributed by atoms with Crippen LogP contribution in [0.3, 0.4) is 0 Å². The number of pyridine rings is 1. The summed E-state index contributed by atoms with van der Waals surface area (Å²) in [5.74, 6) is 1.35. The lowest BCUT2D eigenvalue weighted by Crippen LogP contribution is -2.34. The number of hydrogen-bond acceptors (Lipinski definition) is 6. The Morgan fingerprint density at radius 2 is 2.00 bits per heavy atom. The predicted octanol–water partition coefficient (Wildman–Crippen LogP) is 3.70. The van der Waals surface area contributed by atoms with Gasteiger partial charge in [0.25, 0.3) is 5.91 Å². The summed E-state index contributed by atoms with van der Waals surface area (Å²) in [5.41, 5.74) is 2.85. The van der Waals surface area contributed by atoms with E-state index in [0.717, 1.165) is 36.1 Å². The van der Waals surface area contributed by atoms with Crippen LogP contribution in [-0.2, 0) is 4.74 Å². The van der Waals surface area contributed by atoms with Crippen LogP contribution in [0.25, 0.3) is 22.3 Å². The highest BCUT2D eigenvalue weighted by atomic mass is 16.6. The molecule has 168 valence electrons. The normalized spacial score (nSPS) is 17.8. The Labute approximate surface area is 187 Å². The van der Waals surface area contributed by atoms with Crippen molar-refractivity contribution < 1.29 is 19.0 Å². The molecule has 5 rings (SSSR count). The zero-order valence-corrected chi connectivity index (χ0v) is 18.7. The first kappa shape index (κ1) is 20.8.